The molecular formula is C19H17N5O6S. The number of rotatable bonds is 6. The van der Waals surface area contributed by atoms with Crippen molar-refractivity contribution in [2.24, 2.45) is 5.92 Å². The monoisotopic (exact) mass is 443 g/mol. The minimum Gasteiger partial charge on any atom is -0.332 e. The van der Waals surface area contributed by atoms with Gasteiger partial charge < -0.3 is 10.6 Å². The fourth-order valence-corrected chi connectivity index (χ4v) is 2.90. The largest absolute Gasteiger partial charge is 0.332 e. The number of nitro groups is 2. The van der Waals surface area contributed by atoms with Crippen molar-refractivity contribution in [1.29, 1.82) is 0 Å². The van der Waals surface area contributed by atoms with Crippen molar-refractivity contribution in [2.75, 3.05) is 10.6 Å². The van der Waals surface area contributed by atoms with Gasteiger partial charge in [-0.2, -0.15) is 0 Å². The lowest BCUT2D eigenvalue weighted by Crippen LogP contribution is -2.34. The van der Waals surface area contributed by atoms with Crippen LogP contribution in [0, 0.1) is 33.1 Å². The van der Waals surface area contributed by atoms with Gasteiger partial charge in [0.2, 0.25) is 5.91 Å². The van der Waals surface area contributed by atoms with Gasteiger partial charge >= 0.3 is 0 Å². The first-order valence-corrected chi connectivity index (χ1v) is 9.52. The summed E-state index contributed by atoms with van der Waals surface area (Å²) in [5.74, 6) is -0.863. The summed E-state index contributed by atoms with van der Waals surface area (Å²) in [4.78, 5) is 44.7. The Hall–Kier alpha value is -3.93. The van der Waals surface area contributed by atoms with Crippen LogP contribution < -0.4 is 16.0 Å². The van der Waals surface area contributed by atoms with E-state index in [4.69, 9.17) is 12.2 Å². The standard InChI is InChI=1S/C19H17N5O6S/c1-10-2-5-13(8-16(10)21-17(25)11-3-4-11)20-19(31)22-18(26)12-6-14(23(27)28)9-15(7-12)24(29)30/h2,5-9,11H,3-4H2,1H3,(H,21,25)(H2,20,22,26,31). The molecule has 12 heteroatoms. The minimum absolute atomic E-state index is 0.0374. The number of carbonyl (C=O) groups is 2. The number of anilines is 2. The maximum absolute atomic E-state index is 12.4. The van der Waals surface area contributed by atoms with Crippen molar-refractivity contribution in [2.45, 2.75) is 19.8 Å². The zero-order valence-corrected chi connectivity index (χ0v) is 17.0. The highest BCUT2D eigenvalue weighted by atomic mass is 32.1. The highest BCUT2D eigenvalue weighted by Crippen LogP contribution is 2.31. The fourth-order valence-electron chi connectivity index (χ4n) is 2.69. The Bertz CT molecular complexity index is 1080. The lowest BCUT2D eigenvalue weighted by atomic mass is 10.1. The van der Waals surface area contributed by atoms with E-state index in [9.17, 15) is 29.8 Å². The molecule has 11 nitrogen and oxygen atoms in total. The van der Waals surface area contributed by atoms with Gasteiger partial charge in [-0.3, -0.25) is 35.1 Å². The molecule has 2 aromatic carbocycles. The van der Waals surface area contributed by atoms with Crippen molar-refractivity contribution in [3.63, 3.8) is 0 Å². The Labute approximate surface area is 181 Å². The topological polar surface area (TPSA) is 157 Å². The molecule has 2 amide bonds. The molecular weight excluding hydrogens is 426 g/mol. The lowest BCUT2D eigenvalue weighted by molar-refractivity contribution is -0.394. The molecule has 0 atom stereocenters. The van der Waals surface area contributed by atoms with Gasteiger partial charge in [-0.25, -0.2) is 0 Å². The van der Waals surface area contributed by atoms with Crippen LogP contribution in [-0.4, -0.2) is 26.8 Å². The van der Waals surface area contributed by atoms with Crippen LogP contribution in [0.4, 0.5) is 22.7 Å². The van der Waals surface area contributed by atoms with Crippen LogP contribution in [0.25, 0.3) is 0 Å². The molecule has 0 bridgehead atoms. The number of nitro benzene ring substituents is 2. The molecule has 1 fully saturated rings. The Balaban J connectivity index is 1.70. The van der Waals surface area contributed by atoms with Gasteiger partial charge in [0.1, 0.15) is 0 Å². The summed E-state index contributed by atoms with van der Waals surface area (Å²) in [6.45, 7) is 1.83. The molecule has 1 aliphatic carbocycles. The first-order valence-electron chi connectivity index (χ1n) is 9.12. The molecule has 160 valence electrons. The molecule has 0 aromatic heterocycles. The second-order valence-corrected chi connectivity index (χ2v) is 7.36. The van der Waals surface area contributed by atoms with E-state index in [1.54, 1.807) is 18.2 Å². The van der Waals surface area contributed by atoms with Gasteiger partial charge in [0, 0.05) is 29.4 Å². The van der Waals surface area contributed by atoms with E-state index in [1.165, 1.54) is 0 Å². The molecule has 0 saturated heterocycles. The Morgan fingerprint density at radius 3 is 2.16 bits per heavy atom. The van der Waals surface area contributed by atoms with Crippen LogP contribution in [0.2, 0.25) is 0 Å². The normalized spacial score (nSPS) is 12.5. The van der Waals surface area contributed by atoms with Gasteiger partial charge in [0.05, 0.1) is 21.5 Å². The smallest absolute Gasteiger partial charge is 0.277 e. The van der Waals surface area contributed by atoms with Crippen molar-refractivity contribution in [3.8, 4) is 0 Å². The number of carbonyl (C=O) groups excluding carboxylic acids is 2. The highest BCUT2D eigenvalue weighted by molar-refractivity contribution is 7.80. The molecule has 0 radical (unpaired) electrons. The molecule has 0 spiro atoms. The van der Waals surface area contributed by atoms with Crippen LogP contribution >= 0.6 is 12.2 Å². The second-order valence-electron chi connectivity index (χ2n) is 6.95. The summed E-state index contributed by atoms with van der Waals surface area (Å²) in [6.07, 6.45) is 1.74. The maximum Gasteiger partial charge on any atom is 0.277 e. The van der Waals surface area contributed by atoms with Gasteiger partial charge in [0.15, 0.2) is 5.11 Å². The van der Waals surface area contributed by atoms with Crippen LogP contribution in [0.1, 0.15) is 28.8 Å². The number of thiocarbonyl (C=S) groups is 1. The zero-order chi connectivity index (χ0) is 22.7. The van der Waals surface area contributed by atoms with E-state index in [2.05, 4.69) is 16.0 Å². The Kier molecular flexibility index (Phi) is 6.20. The number of nitrogens with zero attached hydrogens (tertiary/aromatic N) is 2. The Morgan fingerprint density at radius 2 is 1.61 bits per heavy atom. The fraction of sp³-hybridized carbons (Fsp3) is 0.211. The molecule has 1 saturated carbocycles. The number of amides is 2. The van der Waals surface area contributed by atoms with E-state index in [-0.39, 0.29) is 22.5 Å². The quantitative estimate of drug-likeness (QED) is 0.349. The molecule has 31 heavy (non-hydrogen) atoms. The summed E-state index contributed by atoms with van der Waals surface area (Å²) in [6, 6.07) is 7.71. The number of nitrogens with one attached hydrogen (secondary N) is 3. The third-order valence-corrected chi connectivity index (χ3v) is 4.72. The van der Waals surface area contributed by atoms with Crippen molar-refractivity contribution < 1.29 is 19.4 Å². The molecule has 2 aromatic rings. The SMILES string of the molecule is Cc1ccc(NC(=S)NC(=O)c2cc([N+](=O)[O-])cc([N+](=O)[O-])c2)cc1NC(=O)C1CC1. The average Bonchev–Trinajstić information content (AvgIpc) is 3.55. The maximum atomic E-state index is 12.4. The minimum atomic E-state index is -0.848. The summed E-state index contributed by atoms with van der Waals surface area (Å²) in [7, 11) is 0. The van der Waals surface area contributed by atoms with E-state index in [1.807, 2.05) is 6.92 Å². The molecule has 0 unspecified atom stereocenters. The number of benzene rings is 2. The van der Waals surface area contributed by atoms with E-state index in [0.717, 1.165) is 36.6 Å². The molecule has 3 N–H and O–H groups in total. The van der Waals surface area contributed by atoms with Crippen LogP contribution in [-0.2, 0) is 4.79 Å². The van der Waals surface area contributed by atoms with Crippen LogP contribution in [0.3, 0.4) is 0 Å². The summed E-state index contributed by atoms with van der Waals surface area (Å²) >= 11 is 5.10. The van der Waals surface area contributed by atoms with Crippen molar-refractivity contribution >= 4 is 51.9 Å². The van der Waals surface area contributed by atoms with Gasteiger partial charge in [-0.15, -0.1) is 0 Å². The number of non-ortho nitro benzene ring substituents is 2. The lowest BCUT2D eigenvalue weighted by Gasteiger charge is -2.13. The first kappa shape index (κ1) is 21.8. The third kappa shape index (κ3) is 5.57. The number of aryl methyl sites for hydroxylation is 1. The predicted molar refractivity (Wildman–Crippen MR) is 116 cm³/mol. The van der Waals surface area contributed by atoms with Gasteiger partial charge in [-0.1, -0.05) is 6.07 Å². The summed E-state index contributed by atoms with van der Waals surface area (Å²) in [5.41, 5.74) is 0.475. The first-order chi connectivity index (χ1) is 14.6. The Morgan fingerprint density at radius 1 is 1.00 bits per heavy atom. The number of hydrogen-bond acceptors (Lipinski definition) is 7. The average molecular weight is 443 g/mol. The molecule has 3 rings (SSSR count). The van der Waals surface area contributed by atoms with Crippen LogP contribution in [0.5, 0.6) is 0 Å². The van der Waals surface area contributed by atoms with Crippen molar-refractivity contribution in [3.05, 3.63) is 67.8 Å². The second kappa shape index (κ2) is 8.83. The molecule has 0 aliphatic heterocycles. The molecule has 0 heterocycles. The van der Waals surface area contributed by atoms with E-state index < -0.39 is 27.1 Å². The number of hydrogen-bond donors (Lipinski definition) is 3. The van der Waals surface area contributed by atoms with Gasteiger partial charge in [0.25, 0.3) is 17.3 Å². The summed E-state index contributed by atoms with van der Waals surface area (Å²) < 4.78 is 0. The summed E-state index contributed by atoms with van der Waals surface area (Å²) in [5, 5.41) is 29.8. The van der Waals surface area contributed by atoms with Gasteiger partial charge in [-0.05, 0) is 49.7 Å². The van der Waals surface area contributed by atoms with E-state index >= 15 is 0 Å². The zero-order valence-electron chi connectivity index (χ0n) is 16.2. The molecule has 1 aliphatic rings. The third-order valence-electron chi connectivity index (χ3n) is 4.51. The highest BCUT2D eigenvalue weighted by Gasteiger charge is 2.29. The predicted octanol–water partition coefficient (Wildman–Crippen LogP) is 3.29. The van der Waals surface area contributed by atoms with Crippen molar-refractivity contribution in [1.82, 2.24) is 5.32 Å². The van der Waals surface area contributed by atoms with E-state index in [0.29, 0.717) is 11.4 Å². The van der Waals surface area contributed by atoms with Crippen LogP contribution in [0.15, 0.2) is 36.4 Å².